The highest BCUT2D eigenvalue weighted by Crippen LogP contribution is 2.30. The van der Waals surface area contributed by atoms with Crippen LogP contribution in [0.15, 0.2) is 52.3 Å². The van der Waals surface area contributed by atoms with E-state index < -0.39 is 20.0 Å². The molecule has 2 aromatic carbocycles. The van der Waals surface area contributed by atoms with Gasteiger partial charge in [0.15, 0.2) is 0 Å². The van der Waals surface area contributed by atoms with Gasteiger partial charge in [0.05, 0.1) is 12.0 Å². The van der Waals surface area contributed by atoms with Gasteiger partial charge in [-0.25, -0.2) is 16.8 Å². The fourth-order valence-electron chi connectivity index (χ4n) is 4.67. The zero-order chi connectivity index (χ0) is 25.9. The standard InChI is InChI=1S/C25H33N3O6S2/c1-19-5-10-23(34-2)24(17-19)36(32,33)28-15-11-21(12-16-28)25(29)26-18-20-6-8-22(9-7-20)35(30,31)27-13-3-4-14-27/h5-10,17,21H,3-4,11-16,18H2,1-2H3,(H,26,29). The highest BCUT2D eigenvalue weighted by molar-refractivity contribution is 7.89. The Morgan fingerprint density at radius 2 is 1.53 bits per heavy atom. The molecular weight excluding hydrogens is 502 g/mol. The van der Waals surface area contributed by atoms with Crippen molar-refractivity contribution in [1.82, 2.24) is 13.9 Å². The predicted molar refractivity (Wildman–Crippen MR) is 135 cm³/mol. The van der Waals surface area contributed by atoms with Crippen molar-refractivity contribution in [2.75, 3.05) is 33.3 Å². The van der Waals surface area contributed by atoms with Gasteiger partial charge in [0.2, 0.25) is 26.0 Å². The van der Waals surface area contributed by atoms with Crippen LogP contribution in [0.5, 0.6) is 5.75 Å². The number of nitrogens with zero attached hydrogens (tertiary/aromatic N) is 2. The Balaban J connectivity index is 1.31. The smallest absolute Gasteiger partial charge is 0.246 e. The number of piperidine rings is 1. The van der Waals surface area contributed by atoms with Gasteiger partial charge >= 0.3 is 0 Å². The molecule has 2 heterocycles. The van der Waals surface area contributed by atoms with Crippen LogP contribution in [0.25, 0.3) is 0 Å². The molecule has 0 unspecified atom stereocenters. The van der Waals surface area contributed by atoms with Crippen LogP contribution >= 0.6 is 0 Å². The number of carbonyl (C=O) groups is 1. The number of aryl methyl sites for hydroxylation is 1. The normalized spacial score (nSPS) is 18.3. The van der Waals surface area contributed by atoms with Crippen molar-refractivity contribution in [2.45, 2.75) is 48.9 Å². The third kappa shape index (κ3) is 5.59. The molecular formula is C25H33N3O6S2. The third-order valence-electron chi connectivity index (χ3n) is 6.85. The highest BCUT2D eigenvalue weighted by atomic mass is 32.2. The molecule has 11 heteroatoms. The average molecular weight is 536 g/mol. The lowest BCUT2D eigenvalue weighted by molar-refractivity contribution is -0.126. The molecule has 0 aromatic heterocycles. The van der Waals surface area contributed by atoms with Crippen LogP contribution < -0.4 is 10.1 Å². The summed E-state index contributed by atoms with van der Waals surface area (Å²) in [4.78, 5) is 13.1. The molecule has 2 fully saturated rings. The summed E-state index contributed by atoms with van der Waals surface area (Å²) in [5, 5.41) is 2.91. The monoisotopic (exact) mass is 535 g/mol. The molecule has 0 saturated carbocycles. The van der Waals surface area contributed by atoms with Gasteiger partial charge in [-0.05, 0) is 68.0 Å². The first-order valence-corrected chi connectivity index (χ1v) is 15.0. The lowest BCUT2D eigenvalue weighted by Gasteiger charge is -2.31. The molecule has 0 spiro atoms. The van der Waals surface area contributed by atoms with Gasteiger partial charge in [-0.1, -0.05) is 18.2 Å². The van der Waals surface area contributed by atoms with Crippen molar-refractivity contribution in [3.63, 3.8) is 0 Å². The first-order chi connectivity index (χ1) is 17.1. The minimum Gasteiger partial charge on any atom is -0.495 e. The third-order valence-corrected chi connectivity index (χ3v) is 10.7. The topological polar surface area (TPSA) is 113 Å². The van der Waals surface area contributed by atoms with Crippen LogP contribution in [0.3, 0.4) is 0 Å². The number of benzene rings is 2. The Morgan fingerprint density at radius 1 is 0.917 bits per heavy atom. The molecule has 196 valence electrons. The van der Waals surface area contributed by atoms with E-state index in [-0.39, 0.29) is 41.3 Å². The zero-order valence-electron chi connectivity index (χ0n) is 20.6. The minimum absolute atomic E-state index is 0.131. The fourth-order valence-corrected chi connectivity index (χ4v) is 7.90. The summed E-state index contributed by atoms with van der Waals surface area (Å²) in [6.45, 7) is 3.72. The molecule has 2 aliphatic rings. The maximum Gasteiger partial charge on any atom is 0.246 e. The second-order valence-electron chi connectivity index (χ2n) is 9.31. The van der Waals surface area contributed by atoms with Crippen LogP contribution in [0, 0.1) is 12.8 Å². The van der Waals surface area contributed by atoms with Gasteiger partial charge in [-0.2, -0.15) is 8.61 Å². The molecule has 2 aromatic rings. The fraction of sp³-hybridized carbons (Fsp3) is 0.480. The van der Waals surface area contributed by atoms with Crippen molar-refractivity contribution < 1.29 is 26.4 Å². The number of rotatable bonds is 8. The van der Waals surface area contributed by atoms with E-state index in [4.69, 9.17) is 4.74 Å². The highest BCUT2D eigenvalue weighted by Gasteiger charge is 2.34. The molecule has 1 N–H and O–H groups in total. The number of methoxy groups -OCH3 is 1. The van der Waals surface area contributed by atoms with Crippen LogP contribution in [-0.2, 0) is 31.4 Å². The largest absolute Gasteiger partial charge is 0.495 e. The van der Waals surface area contributed by atoms with E-state index in [2.05, 4.69) is 5.32 Å². The lowest BCUT2D eigenvalue weighted by Crippen LogP contribution is -2.42. The quantitative estimate of drug-likeness (QED) is 0.556. The summed E-state index contributed by atoms with van der Waals surface area (Å²) in [6.07, 6.45) is 2.61. The Bertz CT molecular complexity index is 1300. The van der Waals surface area contributed by atoms with E-state index >= 15 is 0 Å². The summed E-state index contributed by atoms with van der Waals surface area (Å²) < 4.78 is 59.9. The summed E-state index contributed by atoms with van der Waals surface area (Å²) in [5.41, 5.74) is 1.63. The molecule has 1 amide bonds. The molecule has 9 nitrogen and oxygen atoms in total. The van der Waals surface area contributed by atoms with Gasteiger partial charge in [0.1, 0.15) is 10.6 Å². The summed E-state index contributed by atoms with van der Waals surface area (Å²) >= 11 is 0. The molecule has 36 heavy (non-hydrogen) atoms. The SMILES string of the molecule is COc1ccc(C)cc1S(=O)(=O)N1CCC(C(=O)NCc2ccc(S(=O)(=O)N3CCCC3)cc2)CC1. The molecule has 0 bridgehead atoms. The first-order valence-electron chi connectivity index (χ1n) is 12.1. The van der Waals surface area contributed by atoms with Crippen molar-refractivity contribution in [3.8, 4) is 5.75 Å². The Hall–Kier alpha value is -2.47. The molecule has 2 saturated heterocycles. The number of hydrogen-bond donors (Lipinski definition) is 1. The van der Waals surface area contributed by atoms with Crippen LogP contribution in [0.2, 0.25) is 0 Å². The van der Waals surface area contributed by atoms with Gasteiger partial charge in [-0.15, -0.1) is 0 Å². The van der Waals surface area contributed by atoms with E-state index in [0.717, 1.165) is 24.0 Å². The maximum atomic E-state index is 13.2. The number of nitrogens with one attached hydrogen (secondary N) is 1. The molecule has 2 aliphatic heterocycles. The van der Waals surface area contributed by atoms with Crippen molar-refractivity contribution in [3.05, 3.63) is 53.6 Å². The summed E-state index contributed by atoms with van der Waals surface area (Å²) in [6, 6.07) is 11.7. The van der Waals surface area contributed by atoms with Crippen molar-refractivity contribution in [2.24, 2.45) is 5.92 Å². The molecule has 0 atom stereocenters. The number of ether oxygens (including phenoxy) is 1. The van der Waals surface area contributed by atoms with Gasteiger partial charge in [-0.3, -0.25) is 4.79 Å². The maximum absolute atomic E-state index is 13.2. The Kier molecular flexibility index (Phi) is 8.03. The number of sulfonamides is 2. The van der Waals surface area contributed by atoms with E-state index in [1.165, 1.54) is 15.7 Å². The van der Waals surface area contributed by atoms with E-state index in [0.29, 0.717) is 31.7 Å². The first kappa shape index (κ1) is 26.6. The van der Waals surface area contributed by atoms with E-state index in [9.17, 15) is 21.6 Å². The van der Waals surface area contributed by atoms with Crippen molar-refractivity contribution in [1.29, 1.82) is 0 Å². The Labute approximate surface area is 213 Å². The van der Waals surface area contributed by atoms with E-state index in [1.807, 2.05) is 6.92 Å². The molecule has 0 radical (unpaired) electrons. The summed E-state index contributed by atoms with van der Waals surface area (Å²) in [7, 11) is -5.75. The van der Waals surface area contributed by atoms with Gasteiger partial charge in [0, 0.05) is 38.6 Å². The number of carbonyl (C=O) groups excluding carboxylic acids is 1. The van der Waals surface area contributed by atoms with Crippen molar-refractivity contribution >= 4 is 26.0 Å². The number of hydrogen-bond acceptors (Lipinski definition) is 6. The summed E-state index contributed by atoms with van der Waals surface area (Å²) in [5.74, 6) is -0.112. The van der Waals surface area contributed by atoms with Crippen LogP contribution in [0.4, 0.5) is 0 Å². The second kappa shape index (κ2) is 10.9. The second-order valence-corrected chi connectivity index (χ2v) is 13.1. The molecule has 4 rings (SSSR count). The average Bonchev–Trinajstić information content (AvgIpc) is 3.44. The van der Waals surface area contributed by atoms with Crippen LogP contribution in [-0.4, -0.2) is 64.6 Å². The lowest BCUT2D eigenvalue weighted by atomic mass is 9.97. The van der Waals surface area contributed by atoms with Gasteiger partial charge < -0.3 is 10.1 Å². The van der Waals surface area contributed by atoms with E-state index in [1.54, 1.807) is 42.5 Å². The minimum atomic E-state index is -3.73. The molecule has 0 aliphatic carbocycles. The predicted octanol–water partition coefficient (Wildman–Crippen LogP) is 2.51. The number of amides is 1. The van der Waals surface area contributed by atoms with Crippen LogP contribution in [0.1, 0.15) is 36.8 Å². The zero-order valence-corrected chi connectivity index (χ0v) is 22.3. The Morgan fingerprint density at radius 3 is 2.14 bits per heavy atom. The van der Waals surface area contributed by atoms with Gasteiger partial charge in [0.25, 0.3) is 0 Å².